The van der Waals surface area contributed by atoms with Crippen LogP contribution in [0.25, 0.3) is 6.08 Å². The van der Waals surface area contributed by atoms with E-state index in [1.54, 1.807) is 0 Å². The maximum atomic E-state index is 4.39. The third-order valence-corrected chi connectivity index (χ3v) is 3.42. The van der Waals surface area contributed by atoms with Crippen molar-refractivity contribution in [3.8, 4) is 0 Å². The lowest BCUT2D eigenvalue weighted by Crippen LogP contribution is -2.21. The van der Waals surface area contributed by atoms with Crippen molar-refractivity contribution < 1.29 is 0 Å². The standard InChI is InChI=1S/C15H25N3/c1-11(2)14(9-16-15-5-6-15)7-13-8-17-18(10-13)12(3)4/h7-8,10-12,15-16H,5-6,9H2,1-4H3. The van der Waals surface area contributed by atoms with Crippen molar-refractivity contribution in [2.45, 2.75) is 52.6 Å². The fourth-order valence-corrected chi connectivity index (χ4v) is 1.90. The first kappa shape index (κ1) is 13.3. The Morgan fingerprint density at radius 2 is 2.17 bits per heavy atom. The van der Waals surface area contributed by atoms with Gasteiger partial charge in [-0.3, -0.25) is 4.68 Å². The molecule has 2 rings (SSSR count). The van der Waals surface area contributed by atoms with Crippen molar-refractivity contribution in [3.63, 3.8) is 0 Å². The lowest BCUT2D eigenvalue weighted by Gasteiger charge is -2.12. The molecule has 0 amide bonds. The van der Waals surface area contributed by atoms with E-state index < -0.39 is 0 Å². The van der Waals surface area contributed by atoms with E-state index in [-0.39, 0.29) is 0 Å². The molecular formula is C15H25N3. The molecule has 3 heteroatoms. The van der Waals surface area contributed by atoms with Crippen molar-refractivity contribution >= 4 is 6.08 Å². The van der Waals surface area contributed by atoms with Crippen LogP contribution in [-0.4, -0.2) is 22.4 Å². The van der Waals surface area contributed by atoms with Gasteiger partial charge in [-0.2, -0.15) is 5.10 Å². The molecule has 3 nitrogen and oxygen atoms in total. The molecule has 0 atom stereocenters. The summed E-state index contributed by atoms with van der Waals surface area (Å²) in [6, 6.07) is 1.20. The third kappa shape index (κ3) is 3.70. The predicted molar refractivity (Wildman–Crippen MR) is 76.5 cm³/mol. The van der Waals surface area contributed by atoms with Gasteiger partial charge in [0.15, 0.2) is 0 Å². The Bertz CT molecular complexity index is 411. The third-order valence-electron chi connectivity index (χ3n) is 3.42. The molecule has 0 aliphatic heterocycles. The highest BCUT2D eigenvalue weighted by Crippen LogP contribution is 2.21. The van der Waals surface area contributed by atoms with Crippen molar-refractivity contribution in [1.29, 1.82) is 0 Å². The second-order valence-corrected chi connectivity index (χ2v) is 5.88. The van der Waals surface area contributed by atoms with Gasteiger partial charge in [0.25, 0.3) is 0 Å². The van der Waals surface area contributed by atoms with Gasteiger partial charge in [-0.05, 0) is 32.6 Å². The Morgan fingerprint density at radius 1 is 1.44 bits per heavy atom. The molecule has 1 aromatic heterocycles. The zero-order chi connectivity index (χ0) is 13.1. The Balaban J connectivity index is 2.04. The van der Waals surface area contributed by atoms with Crippen LogP contribution in [0.1, 0.15) is 52.1 Å². The van der Waals surface area contributed by atoms with Crippen LogP contribution < -0.4 is 5.32 Å². The van der Waals surface area contributed by atoms with E-state index in [9.17, 15) is 0 Å². The Hall–Kier alpha value is -1.09. The highest BCUT2D eigenvalue weighted by atomic mass is 15.3. The quantitative estimate of drug-likeness (QED) is 0.836. The summed E-state index contributed by atoms with van der Waals surface area (Å²) in [5.41, 5.74) is 2.68. The van der Waals surface area contributed by atoms with E-state index in [1.165, 1.54) is 24.0 Å². The van der Waals surface area contributed by atoms with Crippen LogP contribution in [0.2, 0.25) is 0 Å². The first-order valence-electron chi connectivity index (χ1n) is 7.04. The molecule has 1 aliphatic carbocycles. The molecule has 1 aromatic rings. The van der Waals surface area contributed by atoms with Gasteiger partial charge in [0.2, 0.25) is 0 Å². The van der Waals surface area contributed by atoms with Crippen LogP contribution in [0.15, 0.2) is 18.0 Å². The summed E-state index contributed by atoms with van der Waals surface area (Å²) in [6.07, 6.45) is 9.06. The molecule has 1 saturated carbocycles. The summed E-state index contributed by atoms with van der Waals surface area (Å²) in [7, 11) is 0. The molecule has 1 N–H and O–H groups in total. The Kier molecular flexibility index (Phi) is 4.23. The topological polar surface area (TPSA) is 29.9 Å². The van der Waals surface area contributed by atoms with Crippen molar-refractivity contribution in [2.24, 2.45) is 5.92 Å². The average Bonchev–Trinajstić information content (AvgIpc) is 3.01. The second-order valence-electron chi connectivity index (χ2n) is 5.88. The van der Waals surface area contributed by atoms with Gasteiger partial charge in [0.05, 0.1) is 6.20 Å². The SMILES string of the molecule is CC(C)C(=Cc1cnn(C(C)C)c1)CNC1CC1. The van der Waals surface area contributed by atoms with Gasteiger partial charge >= 0.3 is 0 Å². The number of hydrogen-bond acceptors (Lipinski definition) is 2. The molecular weight excluding hydrogens is 222 g/mol. The van der Waals surface area contributed by atoms with Gasteiger partial charge in [-0.15, -0.1) is 0 Å². The minimum absolute atomic E-state index is 0.430. The van der Waals surface area contributed by atoms with Crippen molar-refractivity contribution in [1.82, 2.24) is 15.1 Å². The molecule has 1 fully saturated rings. The Morgan fingerprint density at radius 3 is 2.67 bits per heavy atom. The van der Waals surface area contributed by atoms with Gasteiger partial charge in [0, 0.05) is 30.4 Å². The summed E-state index contributed by atoms with van der Waals surface area (Å²) < 4.78 is 2.01. The van der Waals surface area contributed by atoms with E-state index in [0.29, 0.717) is 12.0 Å². The number of hydrogen-bond donors (Lipinski definition) is 1. The number of aromatic nitrogens is 2. The monoisotopic (exact) mass is 247 g/mol. The van der Waals surface area contributed by atoms with Gasteiger partial charge in [-0.25, -0.2) is 0 Å². The van der Waals surface area contributed by atoms with Crippen LogP contribution >= 0.6 is 0 Å². The highest BCUT2D eigenvalue weighted by Gasteiger charge is 2.20. The van der Waals surface area contributed by atoms with Crippen molar-refractivity contribution in [3.05, 3.63) is 23.5 Å². The molecule has 0 saturated heterocycles. The first-order valence-corrected chi connectivity index (χ1v) is 7.04. The average molecular weight is 247 g/mol. The minimum Gasteiger partial charge on any atom is -0.310 e. The molecule has 1 aliphatic rings. The van der Waals surface area contributed by atoms with Crippen molar-refractivity contribution in [2.75, 3.05) is 6.54 Å². The zero-order valence-electron chi connectivity index (χ0n) is 12.0. The summed E-state index contributed by atoms with van der Waals surface area (Å²) in [5, 5.41) is 7.98. The molecule has 0 aromatic carbocycles. The van der Waals surface area contributed by atoms with Crippen LogP contribution in [-0.2, 0) is 0 Å². The van der Waals surface area contributed by atoms with E-state index in [4.69, 9.17) is 0 Å². The molecule has 0 unspecified atom stereocenters. The van der Waals surface area contributed by atoms with Crippen LogP contribution in [0.5, 0.6) is 0 Å². The lowest BCUT2D eigenvalue weighted by molar-refractivity contribution is 0.532. The minimum atomic E-state index is 0.430. The molecule has 0 bridgehead atoms. The lowest BCUT2D eigenvalue weighted by atomic mass is 10.0. The largest absolute Gasteiger partial charge is 0.310 e. The summed E-state index contributed by atoms with van der Waals surface area (Å²) in [6.45, 7) is 9.83. The molecule has 0 spiro atoms. The molecule has 1 heterocycles. The summed E-state index contributed by atoms with van der Waals surface area (Å²) in [4.78, 5) is 0. The second kappa shape index (κ2) is 5.70. The fraction of sp³-hybridized carbons (Fsp3) is 0.667. The molecule has 0 radical (unpaired) electrons. The van der Waals surface area contributed by atoms with E-state index in [1.807, 2.05) is 10.9 Å². The smallest absolute Gasteiger partial charge is 0.0562 e. The Labute approximate surface area is 110 Å². The summed E-state index contributed by atoms with van der Waals surface area (Å²) in [5.74, 6) is 0.582. The number of rotatable bonds is 6. The van der Waals surface area contributed by atoms with E-state index in [2.05, 4.69) is 50.4 Å². The zero-order valence-corrected chi connectivity index (χ0v) is 12.0. The number of nitrogens with zero attached hydrogens (tertiary/aromatic N) is 2. The number of nitrogens with one attached hydrogen (secondary N) is 1. The predicted octanol–water partition coefficient (Wildman–Crippen LogP) is 3.26. The van der Waals surface area contributed by atoms with Crippen LogP contribution in [0, 0.1) is 5.92 Å². The van der Waals surface area contributed by atoms with Gasteiger partial charge in [0.1, 0.15) is 0 Å². The normalized spacial score (nSPS) is 16.9. The van der Waals surface area contributed by atoms with Crippen LogP contribution in [0.3, 0.4) is 0 Å². The van der Waals surface area contributed by atoms with Gasteiger partial charge < -0.3 is 5.32 Å². The van der Waals surface area contributed by atoms with Crippen LogP contribution in [0.4, 0.5) is 0 Å². The van der Waals surface area contributed by atoms with E-state index >= 15 is 0 Å². The maximum Gasteiger partial charge on any atom is 0.0562 e. The molecule has 18 heavy (non-hydrogen) atoms. The van der Waals surface area contributed by atoms with Gasteiger partial charge in [-0.1, -0.05) is 25.5 Å². The fourth-order valence-electron chi connectivity index (χ4n) is 1.90. The summed E-state index contributed by atoms with van der Waals surface area (Å²) >= 11 is 0. The van der Waals surface area contributed by atoms with E-state index in [0.717, 1.165) is 12.6 Å². The molecule has 100 valence electrons. The highest BCUT2D eigenvalue weighted by molar-refractivity contribution is 5.52. The first-order chi connectivity index (χ1) is 8.56. The maximum absolute atomic E-state index is 4.39.